The van der Waals surface area contributed by atoms with Crippen LogP contribution in [0.3, 0.4) is 0 Å². The van der Waals surface area contributed by atoms with E-state index in [9.17, 15) is 23.3 Å². The lowest BCUT2D eigenvalue weighted by Crippen LogP contribution is -2.63. The molecule has 4 rings (SSSR count). The zero-order valence-corrected chi connectivity index (χ0v) is 22.7. The van der Waals surface area contributed by atoms with Gasteiger partial charge in [0.25, 0.3) is 0 Å². The van der Waals surface area contributed by atoms with Crippen molar-refractivity contribution in [3.63, 3.8) is 0 Å². The minimum atomic E-state index is -3.07. The van der Waals surface area contributed by atoms with Crippen LogP contribution in [0.2, 0.25) is 0 Å². The number of amides is 2. The Morgan fingerprint density at radius 1 is 1.05 bits per heavy atom. The SMILES string of the molecule is CC(C)(C)OC(=O)NC1(C(=O)NC(C#N)Cc2ccc(-c3ccc4c(c3)CS(=O)(=O)C4)cc2)CCOCC1. The number of alkyl carbamates (subject to hydrolysis) is 1. The quantitative estimate of drug-likeness (QED) is 0.574. The molecule has 2 heterocycles. The Bertz CT molecular complexity index is 1350. The molecule has 2 aromatic rings. The maximum Gasteiger partial charge on any atom is 0.408 e. The number of nitrogens with one attached hydrogen (secondary N) is 2. The van der Waals surface area contributed by atoms with Gasteiger partial charge in [-0.3, -0.25) is 4.79 Å². The molecule has 0 radical (unpaired) electrons. The molecule has 2 aromatic carbocycles. The maximum absolute atomic E-state index is 13.3. The third-order valence-corrected chi connectivity index (χ3v) is 8.17. The second-order valence-corrected chi connectivity index (χ2v) is 13.0. The van der Waals surface area contributed by atoms with Crippen molar-refractivity contribution in [2.24, 2.45) is 0 Å². The van der Waals surface area contributed by atoms with E-state index in [0.717, 1.165) is 27.8 Å². The number of ether oxygens (including phenoxy) is 2. The van der Waals surface area contributed by atoms with Crippen LogP contribution in [-0.4, -0.2) is 50.8 Å². The summed E-state index contributed by atoms with van der Waals surface area (Å²) in [5.74, 6) is -0.290. The van der Waals surface area contributed by atoms with E-state index in [-0.39, 0.29) is 30.8 Å². The Morgan fingerprint density at radius 3 is 2.32 bits per heavy atom. The van der Waals surface area contributed by atoms with Gasteiger partial charge in [-0.1, -0.05) is 36.4 Å². The van der Waals surface area contributed by atoms with Crippen LogP contribution in [0.1, 0.15) is 50.3 Å². The fourth-order valence-corrected chi connectivity index (χ4v) is 6.33. The number of carbonyl (C=O) groups is 2. The van der Waals surface area contributed by atoms with Crippen LogP contribution in [0.5, 0.6) is 0 Å². The van der Waals surface area contributed by atoms with Crippen LogP contribution in [-0.2, 0) is 42.0 Å². The van der Waals surface area contributed by atoms with E-state index in [2.05, 4.69) is 16.7 Å². The van der Waals surface area contributed by atoms with Crippen LogP contribution in [0, 0.1) is 11.3 Å². The Morgan fingerprint density at radius 2 is 1.68 bits per heavy atom. The predicted molar refractivity (Wildman–Crippen MR) is 142 cm³/mol. The molecule has 0 bridgehead atoms. The van der Waals surface area contributed by atoms with E-state index in [4.69, 9.17) is 9.47 Å². The highest BCUT2D eigenvalue weighted by Gasteiger charge is 2.43. The molecule has 0 saturated carbocycles. The average Bonchev–Trinajstić information content (AvgIpc) is 3.16. The van der Waals surface area contributed by atoms with Gasteiger partial charge in [-0.2, -0.15) is 5.26 Å². The highest BCUT2D eigenvalue weighted by molar-refractivity contribution is 7.90. The number of nitriles is 1. The maximum atomic E-state index is 13.3. The zero-order valence-electron chi connectivity index (χ0n) is 21.9. The fraction of sp³-hybridized carbons (Fsp3) is 0.464. The lowest BCUT2D eigenvalue weighted by molar-refractivity contribution is -0.132. The smallest absolute Gasteiger partial charge is 0.408 e. The molecule has 1 saturated heterocycles. The molecule has 2 aliphatic rings. The number of carbonyl (C=O) groups excluding carboxylic acids is 2. The molecule has 2 N–H and O–H groups in total. The van der Waals surface area contributed by atoms with Crippen LogP contribution >= 0.6 is 0 Å². The molecule has 0 aromatic heterocycles. The van der Waals surface area contributed by atoms with Crippen LogP contribution in [0.25, 0.3) is 11.1 Å². The summed E-state index contributed by atoms with van der Waals surface area (Å²) in [5.41, 5.74) is 2.45. The number of rotatable bonds is 6. The number of sulfone groups is 1. The largest absolute Gasteiger partial charge is 0.444 e. The molecule has 2 aliphatic heterocycles. The van der Waals surface area contributed by atoms with Crippen molar-refractivity contribution in [3.8, 4) is 17.2 Å². The van der Waals surface area contributed by atoms with E-state index in [1.54, 1.807) is 20.8 Å². The Labute approximate surface area is 223 Å². The molecule has 0 aliphatic carbocycles. The van der Waals surface area contributed by atoms with Crippen LogP contribution in [0.15, 0.2) is 42.5 Å². The summed E-state index contributed by atoms with van der Waals surface area (Å²) in [7, 11) is -3.07. The molecule has 202 valence electrons. The van der Waals surface area contributed by atoms with Gasteiger partial charge in [-0.05, 0) is 54.7 Å². The minimum absolute atomic E-state index is 0.0637. The van der Waals surface area contributed by atoms with Gasteiger partial charge in [-0.15, -0.1) is 0 Å². The summed E-state index contributed by atoms with van der Waals surface area (Å²) in [4.78, 5) is 25.8. The monoisotopic (exact) mass is 539 g/mol. The van der Waals surface area contributed by atoms with Crippen LogP contribution < -0.4 is 10.6 Å². The highest BCUT2D eigenvalue weighted by atomic mass is 32.2. The highest BCUT2D eigenvalue weighted by Crippen LogP contribution is 2.30. The van der Waals surface area contributed by atoms with Gasteiger partial charge in [0.1, 0.15) is 17.2 Å². The summed E-state index contributed by atoms with van der Waals surface area (Å²) in [6, 6.07) is 14.6. The van der Waals surface area contributed by atoms with Crippen molar-refractivity contribution in [3.05, 3.63) is 59.2 Å². The third-order valence-electron chi connectivity index (χ3n) is 6.67. The Hall–Kier alpha value is -3.42. The first kappa shape index (κ1) is 27.6. The van der Waals surface area contributed by atoms with E-state index in [1.807, 2.05) is 42.5 Å². The zero-order chi connectivity index (χ0) is 27.6. The predicted octanol–water partition coefficient (Wildman–Crippen LogP) is 3.41. The molecule has 9 nitrogen and oxygen atoms in total. The number of nitrogens with zero attached hydrogens (tertiary/aromatic N) is 1. The van der Waals surface area contributed by atoms with E-state index in [0.29, 0.717) is 13.2 Å². The van der Waals surface area contributed by atoms with Crippen molar-refractivity contribution in [1.82, 2.24) is 10.6 Å². The fourth-order valence-electron chi connectivity index (χ4n) is 4.73. The van der Waals surface area contributed by atoms with Gasteiger partial charge in [0.15, 0.2) is 9.84 Å². The van der Waals surface area contributed by atoms with Crippen LogP contribution in [0.4, 0.5) is 4.79 Å². The first-order chi connectivity index (χ1) is 17.9. The summed E-state index contributed by atoms with van der Waals surface area (Å²) in [5, 5.41) is 15.3. The molecule has 2 amide bonds. The molecular weight excluding hydrogens is 506 g/mol. The second-order valence-electron chi connectivity index (χ2n) is 10.9. The van der Waals surface area contributed by atoms with E-state index in [1.165, 1.54) is 0 Å². The standard InChI is InChI=1S/C28H33N3O6S/c1-27(2,3)37-26(33)31-28(10-12-36-13-11-28)25(32)30-24(16-29)14-19-4-6-20(7-5-19)21-8-9-22-17-38(34,35)18-23(22)15-21/h4-9,15,24H,10-14,17-18H2,1-3H3,(H,30,32)(H,31,33). The summed E-state index contributed by atoms with van der Waals surface area (Å²) >= 11 is 0. The summed E-state index contributed by atoms with van der Waals surface area (Å²) in [6.45, 7) is 5.84. The van der Waals surface area contributed by atoms with Crippen molar-refractivity contribution >= 4 is 21.8 Å². The second kappa shape index (κ2) is 10.8. The lowest BCUT2D eigenvalue weighted by atomic mass is 9.88. The van der Waals surface area contributed by atoms with Gasteiger partial charge >= 0.3 is 6.09 Å². The van der Waals surface area contributed by atoms with Crippen molar-refractivity contribution in [1.29, 1.82) is 5.26 Å². The first-order valence-electron chi connectivity index (χ1n) is 12.6. The van der Waals surface area contributed by atoms with Gasteiger partial charge in [-0.25, -0.2) is 13.2 Å². The van der Waals surface area contributed by atoms with E-state index >= 15 is 0 Å². The van der Waals surface area contributed by atoms with Crippen molar-refractivity contribution in [2.75, 3.05) is 13.2 Å². The molecule has 1 atom stereocenters. The lowest BCUT2D eigenvalue weighted by Gasteiger charge is -2.37. The molecule has 10 heteroatoms. The molecule has 38 heavy (non-hydrogen) atoms. The van der Waals surface area contributed by atoms with Crippen molar-refractivity contribution in [2.45, 2.75) is 68.7 Å². The van der Waals surface area contributed by atoms with Gasteiger partial charge in [0.05, 0.1) is 17.6 Å². The summed E-state index contributed by atoms with van der Waals surface area (Å²) < 4.78 is 34.6. The van der Waals surface area contributed by atoms with Gasteiger partial charge in [0, 0.05) is 32.5 Å². The van der Waals surface area contributed by atoms with Gasteiger partial charge < -0.3 is 20.1 Å². The van der Waals surface area contributed by atoms with E-state index < -0.39 is 39.0 Å². The molecule has 1 fully saturated rings. The first-order valence-corrected chi connectivity index (χ1v) is 14.4. The minimum Gasteiger partial charge on any atom is -0.444 e. The molecule has 1 unspecified atom stereocenters. The number of fused-ring (bicyclic) bond motifs is 1. The van der Waals surface area contributed by atoms with Gasteiger partial charge in [0.2, 0.25) is 5.91 Å². The molecular formula is C28H33N3O6S. The number of benzene rings is 2. The Balaban J connectivity index is 1.42. The number of hydrogen-bond donors (Lipinski definition) is 2. The summed E-state index contributed by atoms with van der Waals surface area (Å²) in [6.07, 6.45) is 0.132. The molecule has 0 spiro atoms. The third kappa shape index (κ3) is 6.71. The Kier molecular flexibility index (Phi) is 7.81. The van der Waals surface area contributed by atoms with Crippen molar-refractivity contribution < 1.29 is 27.5 Å². The average molecular weight is 540 g/mol. The number of hydrogen-bond acceptors (Lipinski definition) is 7. The topological polar surface area (TPSA) is 135 Å². The normalized spacial score (nSPS) is 18.5.